The van der Waals surface area contributed by atoms with Crippen molar-refractivity contribution in [1.29, 1.82) is 0 Å². The molecule has 0 aromatic rings. The number of rotatable bonds is 4. The van der Waals surface area contributed by atoms with E-state index < -0.39 is 11.9 Å². The maximum Gasteiger partial charge on any atom is 0.307 e. The Kier molecular flexibility index (Phi) is 4.83. The molecule has 0 aromatic heterocycles. The van der Waals surface area contributed by atoms with Crippen molar-refractivity contribution < 1.29 is 14.7 Å². The molecule has 1 saturated carbocycles. The number of carboxylic acid groups (broad SMARTS) is 1. The summed E-state index contributed by atoms with van der Waals surface area (Å²) in [5.41, 5.74) is 0. The van der Waals surface area contributed by atoms with Crippen LogP contribution in [0, 0.1) is 17.8 Å². The van der Waals surface area contributed by atoms with E-state index in [1.54, 1.807) is 0 Å². The second-order valence-corrected chi connectivity index (χ2v) is 6.06. The average Bonchev–Trinajstić information content (AvgIpc) is 2.87. The minimum Gasteiger partial charge on any atom is -0.481 e. The minimum atomic E-state index is -0.789. The normalized spacial score (nSPS) is 31.4. The van der Waals surface area contributed by atoms with E-state index in [2.05, 4.69) is 6.92 Å². The summed E-state index contributed by atoms with van der Waals surface area (Å²) >= 11 is 0. The molecule has 3 atom stereocenters. The van der Waals surface area contributed by atoms with Crippen molar-refractivity contribution >= 4 is 11.9 Å². The molecule has 2 fully saturated rings. The molecule has 1 aliphatic carbocycles. The molecular formula is C15H25NO3. The molecule has 0 spiro atoms. The summed E-state index contributed by atoms with van der Waals surface area (Å²) in [7, 11) is 0. The lowest BCUT2D eigenvalue weighted by Crippen LogP contribution is -2.41. The van der Waals surface area contributed by atoms with Gasteiger partial charge in [-0.25, -0.2) is 0 Å². The van der Waals surface area contributed by atoms with Crippen LogP contribution in [0.5, 0.6) is 0 Å². The molecule has 1 unspecified atom stereocenters. The van der Waals surface area contributed by atoms with Gasteiger partial charge in [0, 0.05) is 13.1 Å². The molecule has 0 aromatic carbocycles. The lowest BCUT2D eigenvalue weighted by atomic mass is 9.78. The largest absolute Gasteiger partial charge is 0.481 e. The zero-order chi connectivity index (χ0) is 13.8. The molecule has 0 bridgehead atoms. The summed E-state index contributed by atoms with van der Waals surface area (Å²) in [4.78, 5) is 25.7. The Morgan fingerprint density at radius 2 is 1.84 bits per heavy atom. The number of hydrogen-bond donors (Lipinski definition) is 1. The van der Waals surface area contributed by atoms with Gasteiger partial charge in [-0.05, 0) is 31.6 Å². The highest BCUT2D eigenvalue weighted by atomic mass is 16.4. The first-order chi connectivity index (χ1) is 9.13. The third-order valence-corrected chi connectivity index (χ3v) is 4.69. The van der Waals surface area contributed by atoms with Gasteiger partial charge in [-0.2, -0.15) is 0 Å². The Bertz CT molecular complexity index is 342. The van der Waals surface area contributed by atoms with Crippen molar-refractivity contribution in [2.24, 2.45) is 17.8 Å². The zero-order valence-electron chi connectivity index (χ0n) is 11.8. The third-order valence-electron chi connectivity index (χ3n) is 4.69. The third kappa shape index (κ3) is 3.28. The summed E-state index contributed by atoms with van der Waals surface area (Å²) in [6.45, 7) is 3.84. The van der Waals surface area contributed by atoms with E-state index in [1.807, 2.05) is 4.90 Å². The van der Waals surface area contributed by atoms with Gasteiger partial charge in [0.15, 0.2) is 0 Å². The minimum absolute atomic E-state index is 0.103. The molecule has 1 saturated heterocycles. The van der Waals surface area contributed by atoms with Crippen LogP contribution in [0.2, 0.25) is 0 Å². The van der Waals surface area contributed by atoms with Gasteiger partial charge >= 0.3 is 5.97 Å². The number of carboxylic acids is 1. The van der Waals surface area contributed by atoms with Crippen molar-refractivity contribution in [3.05, 3.63) is 0 Å². The van der Waals surface area contributed by atoms with Crippen LogP contribution in [0.1, 0.15) is 51.9 Å². The van der Waals surface area contributed by atoms with Crippen LogP contribution < -0.4 is 0 Å². The van der Waals surface area contributed by atoms with Crippen molar-refractivity contribution in [2.75, 3.05) is 13.1 Å². The number of carbonyl (C=O) groups is 2. The molecule has 0 radical (unpaired) electrons. The Morgan fingerprint density at radius 3 is 2.47 bits per heavy atom. The van der Waals surface area contributed by atoms with Crippen LogP contribution in [0.4, 0.5) is 0 Å². The van der Waals surface area contributed by atoms with Crippen LogP contribution in [0.3, 0.4) is 0 Å². The summed E-state index contributed by atoms with van der Waals surface area (Å²) in [5, 5.41) is 9.27. The zero-order valence-corrected chi connectivity index (χ0v) is 11.8. The van der Waals surface area contributed by atoms with Crippen molar-refractivity contribution in [2.45, 2.75) is 51.9 Å². The van der Waals surface area contributed by atoms with Gasteiger partial charge in [-0.1, -0.05) is 26.2 Å². The fourth-order valence-corrected chi connectivity index (χ4v) is 3.63. The molecule has 19 heavy (non-hydrogen) atoms. The van der Waals surface area contributed by atoms with E-state index in [0.29, 0.717) is 12.3 Å². The van der Waals surface area contributed by atoms with E-state index in [-0.39, 0.29) is 11.8 Å². The molecule has 4 heteroatoms. The Balaban J connectivity index is 1.96. The monoisotopic (exact) mass is 267 g/mol. The molecule has 1 aliphatic heterocycles. The van der Waals surface area contributed by atoms with Gasteiger partial charge in [-0.15, -0.1) is 0 Å². The lowest BCUT2D eigenvalue weighted by Gasteiger charge is -2.31. The molecule has 1 amide bonds. The van der Waals surface area contributed by atoms with E-state index in [9.17, 15) is 14.7 Å². The first-order valence-corrected chi connectivity index (χ1v) is 7.65. The lowest BCUT2D eigenvalue weighted by molar-refractivity contribution is -0.152. The Labute approximate surface area is 115 Å². The number of amides is 1. The average molecular weight is 267 g/mol. The highest BCUT2D eigenvalue weighted by Crippen LogP contribution is 2.33. The fourth-order valence-electron chi connectivity index (χ4n) is 3.63. The van der Waals surface area contributed by atoms with Gasteiger partial charge in [0.05, 0.1) is 11.8 Å². The standard InChI is InChI=1S/C15H25NO3/c1-2-5-11-8-9-16(10-11)14(17)12-6-3-4-7-13(12)15(18)19/h11-13H,2-10H2,1H3,(H,18,19)/t11?,12-,13+/m1/s1. The molecular weight excluding hydrogens is 242 g/mol. The summed E-state index contributed by atoms with van der Waals surface area (Å²) in [5.74, 6) is -0.785. The van der Waals surface area contributed by atoms with E-state index in [0.717, 1.165) is 45.2 Å². The maximum absolute atomic E-state index is 12.5. The van der Waals surface area contributed by atoms with Crippen LogP contribution in [0.15, 0.2) is 0 Å². The number of likely N-dealkylation sites (tertiary alicyclic amines) is 1. The second kappa shape index (κ2) is 6.40. The number of aliphatic carboxylic acids is 1. The predicted octanol–water partition coefficient (Wildman–Crippen LogP) is 2.53. The molecule has 1 N–H and O–H groups in total. The number of nitrogens with zero attached hydrogens (tertiary/aromatic N) is 1. The topological polar surface area (TPSA) is 57.6 Å². The molecule has 1 heterocycles. The van der Waals surface area contributed by atoms with Gasteiger partial charge in [0.1, 0.15) is 0 Å². The van der Waals surface area contributed by atoms with Crippen LogP contribution in [0.25, 0.3) is 0 Å². The van der Waals surface area contributed by atoms with Gasteiger partial charge < -0.3 is 10.0 Å². The Hall–Kier alpha value is -1.06. The summed E-state index contributed by atoms with van der Waals surface area (Å²) in [6, 6.07) is 0. The van der Waals surface area contributed by atoms with E-state index in [4.69, 9.17) is 0 Å². The Morgan fingerprint density at radius 1 is 1.16 bits per heavy atom. The van der Waals surface area contributed by atoms with Crippen molar-refractivity contribution in [3.63, 3.8) is 0 Å². The quantitative estimate of drug-likeness (QED) is 0.851. The first-order valence-electron chi connectivity index (χ1n) is 7.65. The fraction of sp³-hybridized carbons (Fsp3) is 0.867. The summed E-state index contributed by atoms with van der Waals surface area (Å²) in [6.07, 6.45) is 6.78. The highest BCUT2D eigenvalue weighted by Gasteiger charge is 2.39. The smallest absolute Gasteiger partial charge is 0.307 e. The first kappa shape index (κ1) is 14.4. The number of hydrogen-bond acceptors (Lipinski definition) is 2. The number of carbonyl (C=O) groups excluding carboxylic acids is 1. The highest BCUT2D eigenvalue weighted by molar-refractivity contribution is 5.85. The molecule has 2 aliphatic rings. The van der Waals surface area contributed by atoms with Gasteiger partial charge in [0.25, 0.3) is 0 Å². The van der Waals surface area contributed by atoms with Crippen molar-refractivity contribution in [3.8, 4) is 0 Å². The van der Waals surface area contributed by atoms with E-state index in [1.165, 1.54) is 6.42 Å². The van der Waals surface area contributed by atoms with Gasteiger partial charge in [-0.3, -0.25) is 9.59 Å². The van der Waals surface area contributed by atoms with Gasteiger partial charge in [0.2, 0.25) is 5.91 Å². The van der Waals surface area contributed by atoms with E-state index >= 15 is 0 Å². The molecule has 2 rings (SSSR count). The predicted molar refractivity (Wildman–Crippen MR) is 72.7 cm³/mol. The molecule has 108 valence electrons. The van der Waals surface area contributed by atoms with Crippen LogP contribution in [-0.4, -0.2) is 35.0 Å². The summed E-state index contributed by atoms with van der Waals surface area (Å²) < 4.78 is 0. The molecule has 4 nitrogen and oxygen atoms in total. The van der Waals surface area contributed by atoms with Crippen LogP contribution in [-0.2, 0) is 9.59 Å². The second-order valence-electron chi connectivity index (χ2n) is 6.06. The van der Waals surface area contributed by atoms with Crippen molar-refractivity contribution in [1.82, 2.24) is 4.90 Å². The SMILES string of the molecule is CCCC1CCN(C(=O)[C@@H]2CCCC[C@@H]2C(=O)O)C1. The maximum atomic E-state index is 12.5. The van der Waals surface area contributed by atoms with Crippen LogP contribution >= 0.6 is 0 Å².